The number of hydrogen-bond acceptors (Lipinski definition) is 5. The fourth-order valence-corrected chi connectivity index (χ4v) is 1.78. The number of aromatic nitrogens is 3. The minimum atomic E-state index is -0.537. The number of amides is 1. The zero-order chi connectivity index (χ0) is 15.4. The molecule has 7 heteroatoms. The predicted octanol–water partition coefficient (Wildman–Crippen LogP) is 1.05. The van der Waals surface area contributed by atoms with Crippen LogP contribution in [-0.2, 0) is 16.1 Å². The molecule has 0 aromatic carbocycles. The average molecular weight is 282 g/mol. The molecular formula is C13H22N4O3. The highest BCUT2D eigenvalue weighted by Crippen LogP contribution is 2.18. The summed E-state index contributed by atoms with van der Waals surface area (Å²) in [7, 11) is 3.03. The van der Waals surface area contributed by atoms with E-state index < -0.39 is 5.97 Å². The van der Waals surface area contributed by atoms with E-state index in [0.717, 1.165) is 0 Å². The van der Waals surface area contributed by atoms with Crippen LogP contribution in [0.25, 0.3) is 0 Å². The first-order chi connectivity index (χ1) is 9.29. The fraction of sp³-hybridized carbons (Fsp3) is 0.692. The highest BCUT2D eigenvalue weighted by atomic mass is 16.5. The summed E-state index contributed by atoms with van der Waals surface area (Å²) in [5.41, 5.74) is 0.782. The molecule has 1 aromatic heterocycles. The van der Waals surface area contributed by atoms with Crippen LogP contribution < -0.4 is 0 Å². The summed E-state index contributed by atoms with van der Waals surface area (Å²) in [6, 6.07) is 0.105. The van der Waals surface area contributed by atoms with Crippen LogP contribution in [-0.4, -0.2) is 52.0 Å². The number of likely N-dealkylation sites (N-methyl/N-ethyl adjacent to an activating group) is 1. The van der Waals surface area contributed by atoms with Gasteiger partial charge in [-0.3, -0.25) is 4.79 Å². The summed E-state index contributed by atoms with van der Waals surface area (Å²) in [6.07, 6.45) is 0. The number of esters is 1. The predicted molar refractivity (Wildman–Crippen MR) is 73.4 cm³/mol. The lowest BCUT2D eigenvalue weighted by atomic mass is 10.1. The Morgan fingerprint density at radius 2 is 1.90 bits per heavy atom. The molecular weight excluding hydrogens is 260 g/mol. The lowest BCUT2D eigenvalue weighted by molar-refractivity contribution is -0.132. The summed E-state index contributed by atoms with van der Waals surface area (Å²) < 4.78 is 6.15. The van der Waals surface area contributed by atoms with Gasteiger partial charge in [-0.2, -0.15) is 0 Å². The van der Waals surface area contributed by atoms with Gasteiger partial charge >= 0.3 is 5.97 Å². The van der Waals surface area contributed by atoms with Gasteiger partial charge in [0, 0.05) is 13.1 Å². The Kier molecular flexibility index (Phi) is 5.24. The largest absolute Gasteiger partial charge is 0.464 e. The first-order valence-corrected chi connectivity index (χ1v) is 6.56. The van der Waals surface area contributed by atoms with E-state index in [2.05, 4.69) is 15.0 Å². The third-order valence-corrected chi connectivity index (χ3v) is 3.15. The van der Waals surface area contributed by atoms with E-state index in [1.807, 2.05) is 27.7 Å². The van der Waals surface area contributed by atoms with Gasteiger partial charge < -0.3 is 9.64 Å². The van der Waals surface area contributed by atoms with Crippen molar-refractivity contribution in [2.45, 2.75) is 46.2 Å². The third kappa shape index (κ3) is 3.34. The number of ether oxygens (including phenoxy) is 1. The van der Waals surface area contributed by atoms with Gasteiger partial charge in [-0.05, 0) is 19.8 Å². The molecule has 0 unspecified atom stereocenters. The van der Waals surface area contributed by atoms with Gasteiger partial charge in [-0.25, -0.2) is 9.48 Å². The molecule has 0 radical (unpaired) electrons. The summed E-state index contributed by atoms with van der Waals surface area (Å²) in [6.45, 7) is 7.76. The molecule has 1 rings (SSSR count). The minimum Gasteiger partial charge on any atom is -0.464 e. The van der Waals surface area contributed by atoms with E-state index >= 15 is 0 Å². The lowest BCUT2D eigenvalue weighted by Gasteiger charge is -2.22. The van der Waals surface area contributed by atoms with Crippen molar-refractivity contribution in [1.82, 2.24) is 19.9 Å². The van der Waals surface area contributed by atoms with Crippen molar-refractivity contribution in [1.29, 1.82) is 0 Å². The van der Waals surface area contributed by atoms with Crippen LogP contribution in [0.4, 0.5) is 0 Å². The van der Waals surface area contributed by atoms with Gasteiger partial charge in [0.1, 0.15) is 6.54 Å². The molecule has 0 fully saturated rings. The topological polar surface area (TPSA) is 77.3 Å². The Morgan fingerprint density at radius 1 is 1.30 bits per heavy atom. The van der Waals surface area contributed by atoms with E-state index in [1.54, 1.807) is 11.9 Å². The molecule has 1 heterocycles. The van der Waals surface area contributed by atoms with Crippen LogP contribution >= 0.6 is 0 Å². The molecule has 0 aliphatic heterocycles. The van der Waals surface area contributed by atoms with E-state index in [9.17, 15) is 9.59 Å². The van der Waals surface area contributed by atoms with Crippen LogP contribution in [0.15, 0.2) is 0 Å². The molecule has 0 aliphatic rings. The molecule has 7 nitrogen and oxygen atoms in total. The molecule has 0 N–H and O–H groups in total. The maximum atomic E-state index is 12.1. The van der Waals surface area contributed by atoms with E-state index in [1.165, 1.54) is 11.8 Å². The Balaban J connectivity index is 3.05. The highest BCUT2D eigenvalue weighted by molar-refractivity contribution is 5.88. The standard InChI is InChI=1S/C13H22N4O3/c1-8(2)12-11(13(19)20-6)14-15-17(12)7-10(18)16(5)9(3)4/h8-9H,7H2,1-6H3. The van der Waals surface area contributed by atoms with Crippen molar-refractivity contribution >= 4 is 11.9 Å². The minimum absolute atomic E-state index is 0.0104. The van der Waals surface area contributed by atoms with E-state index in [4.69, 9.17) is 0 Å². The van der Waals surface area contributed by atoms with Gasteiger partial charge in [0.2, 0.25) is 5.91 Å². The Labute approximate surface area is 118 Å². The molecule has 0 bridgehead atoms. The normalized spacial score (nSPS) is 11.0. The Morgan fingerprint density at radius 3 is 2.35 bits per heavy atom. The number of rotatable bonds is 5. The van der Waals surface area contributed by atoms with Gasteiger partial charge in [-0.1, -0.05) is 19.1 Å². The van der Waals surface area contributed by atoms with Crippen molar-refractivity contribution in [2.75, 3.05) is 14.2 Å². The summed E-state index contributed by atoms with van der Waals surface area (Å²) in [5.74, 6) is -0.607. The van der Waals surface area contributed by atoms with Crippen molar-refractivity contribution < 1.29 is 14.3 Å². The summed E-state index contributed by atoms with van der Waals surface area (Å²) >= 11 is 0. The molecule has 1 amide bonds. The number of nitrogens with zero attached hydrogens (tertiary/aromatic N) is 4. The number of carbonyl (C=O) groups excluding carboxylic acids is 2. The van der Waals surface area contributed by atoms with Crippen molar-refractivity contribution in [3.8, 4) is 0 Å². The molecule has 0 aliphatic carbocycles. The summed E-state index contributed by atoms with van der Waals surface area (Å²) in [4.78, 5) is 25.4. The molecule has 1 aromatic rings. The van der Waals surface area contributed by atoms with Gasteiger partial charge in [0.15, 0.2) is 5.69 Å². The first-order valence-electron chi connectivity index (χ1n) is 6.56. The zero-order valence-corrected chi connectivity index (χ0v) is 12.9. The van der Waals surface area contributed by atoms with Crippen molar-refractivity contribution in [3.05, 3.63) is 11.4 Å². The van der Waals surface area contributed by atoms with Gasteiger partial charge in [0.05, 0.1) is 12.8 Å². The molecule has 0 saturated carbocycles. The third-order valence-electron chi connectivity index (χ3n) is 3.15. The second-order valence-corrected chi connectivity index (χ2v) is 5.23. The second-order valence-electron chi connectivity index (χ2n) is 5.23. The number of carbonyl (C=O) groups is 2. The van der Waals surface area contributed by atoms with Crippen molar-refractivity contribution in [2.24, 2.45) is 0 Å². The SMILES string of the molecule is COC(=O)c1nnn(CC(=O)N(C)C(C)C)c1C(C)C. The summed E-state index contributed by atoms with van der Waals surface area (Å²) in [5, 5.41) is 7.74. The van der Waals surface area contributed by atoms with Crippen molar-refractivity contribution in [3.63, 3.8) is 0 Å². The monoisotopic (exact) mass is 282 g/mol. The second kappa shape index (κ2) is 6.49. The maximum Gasteiger partial charge on any atom is 0.360 e. The van der Waals surface area contributed by atoms with Crippen LogP contribution in [0.3, 0.4) is 0 Å². The fourth-order valence-electron chi connectivity index (χ4n) is 1.78. The molecule has 0 atom stereocenters. The van der Waals surface area contributed by atoms with E-state index in [0.29, 0.717) is 5.69 Å². The molecule has 0 spiro atoms. The quantitative estimate of drug-likeness (QED) is 0.754. The Bertz CT molecular complexity index is 494. The smallest absolute Gasteiger partial charge is 0.360 e. The molecule has 112 valence electrons. The molecule has 20 heavy (non-hydrogen) atoms. The Hall–Kier alpha value is -1.92. The van der Waals surface area contributed by atoms with Crippen LogP contribution in [0.5, 0.6) is 0 Å². The molecule has 0 saturated heterocycles. The highest BCUT2D eigenvalue weighted by Gasteiger charge is 2.24. The van der Waals surface area contributed by atoms with Gasteiger partial charge in [0.25, 0.3) is 0 Å². The van der Waals surface area contributed by atoms with Crippen LogP contribution in [0.2, 0.25) is 0 Å². The maximum absolute atomic E-state index is 12.1. The van der Waals surface area contributed by atoms with E-state index in [-0.39, 0.29) is 30.1 Å². The first kappa shape index (κ1) is 16.1. The van der Waals surface area contributed by atoms with Gasteiger partial charge in [-0.15, -0.1) is 5.10 Å². The van der Waals surface area contributed by atoms with Crippen LogP contribution in [0.1, 0.15) is 49.8 Å². The zero-order valence-electron chi connectivity index (χ0n) is 12.9. The number of hydrogen-bond donors (Lipinski definition) is 0. The number of methoxy groups -OCH3 is 1. The lowest BCUT2D eigenvalue weighted by Crippen LogP contribution is -2.36. The average Bonchev–Trinajstić information content (AvgIpc) is 2.80. The van der Waals surface area contributed by atoms with Crippen LogP contribution in [0, 0.1) is 0 Å².